The lowest BCUT2D eigenvalue weighted by molar-refractivity contribution is -0.140. The third-order valence-corrected chi connectivity index (χ3v) is 2.52. The topological polar surface area (TPSA) is 45.2 Å². The van der Waals surface area contributed by atoms with Gasteiger partial charge in [-0.2, -0.15) is 13.2 Å². The molecule has 1 rings (SSSR count). The van der Waals surface area contributed by atoms with Crippen molar-refractivity contribution in [1.82, 2.24) is 9.88 Å². The Kier molecular flexibility index (Phi) is 5.79. The van der Waals surface area contributed by atoms with Crippen molar-refractivity contribution in [3.8, 4) is 0 Å². The number of halogens is 3. The molecule has 0 fully saturated rings. The molecule has 0 saturated heterocycles. The van der Waals surface area contributed by atoms with Crippen LogP contribution in [0.25, 0.3) is 0 Å². The Morgan fingerprint density at radius 3 is 2.65 bits per heavy atom. The van der Waals surface area contributed by atoms with E-state index in [1.54, 1.807) is 6.92 Å². The minimum atomic E-state index is -4.40. The monoisotopic (exact) mass is 289 g/mol. The zero-order chi connectivity index (χ0) is 15.2. The van der Waals surface area contributed by atoms with Crippen LogP contribution in [0.2, 0.25) is 0 Å². The van der Waals surface area contributed by atoms with Gasteiger partial charge in [0.15, 0.2) is 0 Å². The molecule has 0 aromatic carbocycles. The van der Waals surface area contributed by atoms with Crippen molar-refractivity contribution in [2.45, 2.75) is 26.4 Å². The molecule has 7 heteroatoms. The predicted molar refractivity (Wildman–Crippen MR) is 70.7 cm³/mol. The molecule has 0 atom stereocenters. The highest BCUT2D eigenvalue weighted by atomic mass is 19.4. The molecule has 4 nitrogen and oxygen atoms in total. The van der Waals surface area contributed by atoms with Gasteiger partial charge in [-0.15, -0.1) is 0 Å². The average molecular weight is 289 g/mol. The van der Waals surface area contributed by atoms with Crippen LogP contribution < -0.4 is 5.32 Å². The largest absolute Gasteiger partial charge is 0.406 e. The molecule has 1 N–H and O–H groups in total. The summed E-state index contributed by atoms with van der Waals surface area (Å²) in [4.78, 5) is 16.9. The summed E-state index contributed by atoms with van der Waals surface area (Å²) in [5, 5.41) is 2.92. The van der Waals surface area contributed by atoms with Crippen LogP contribution in [0.1, 0.15) is 30.6 Å². The van der Waals surface area contributed by atoms with Crippen molar-refractivity contribution < 1.29 is 18.0 Å². The minimum Gasteiger partial charge on any atom is -0.370 e. The van der Waals surface area contributed by atoms with Crippen LogP contribution in [0, 0.1) is 0 Å². The first kappa shape index (κ1) is 16.3. The second kappa shape index (κ2) is 7.12. The molecule has 0 saturated carbocycles. The number of aromatic nitrogens is 1. The van der Waals surface area contributed by atoms with Crippen LogP contribution in [0.15, 0.2) is 18.3 Å². The lowest BCUT2D eigenvalue weighted by Crippen LogP contribution is -2.39. The molecule has 0 aliphatic carbocycles. The van der Waals surface area contributed by atoms with Crippen LogP contribution in [-0.2, 0) is 0 Å². The first-order valence-corrected chi connectivity index (χ1v) is 6.43. The Balaban J connectivity index is 2.91. The van der Waals surface area contributed by atoms with Crippen LogP contribution in [0.4, 0.5) is 19.0 Å². The lowest BCUT2D eigenvalue weighted by atomic mass is 10.2. The van der Waals surface area contributed by atoms with Crippen LogP contribution >= 0.6 is 0 Å². The molecule has 0 bridgehead atoms. The van der Waals surface area contributed by atoms with Crippen LogP contribution in [0.3, 0.4) is 0 Å². The molecular weight excluding hydrogens is 271 g/mol. The second-order valence-electron chi connectivity index (χ2n) is 4.30. The molecule has 0 radical (unpaired) electrons. The smallest absolute Gasteiger partial charge is 0.370 e. The summed E-state index contributed by atoms with van der Waals surface area (Å²) < 4.78 is 37.5. The van der Waals surface area contributed by atoms with Crippen molar-refractivity contribution in [3.05, 3.63) is 23.9 Å². The van der Waals surface area contributed by atoms with Gasteiger partial charge in [-0.1, -0.05) is 6.92 Å². The summed E-state index contributed by atoms with van der Waals surface area (Å²) in [7, 11) is 0. The number of amides is 1. The molecule has 0 aliphatic heterocycles. The highest BCUT2D eigenvalue weighted by Gasteiger charge is 2.33. The van der Waals surface area contributed by atoms with E-state index < -0.39 is 18.6 Å². The number of nitrogens with one attached hydrogen (secondary N) is 1. The molecule has 20 heavy (non-hydrogen) atoms. The van der Waals surface area contributed by atoms with E-state index in [1.807, 2.05) is 6.92 Å². The van der Waals surface area contributed by atoms with Crippen molar-refractivity contribution >= 4 is 11.7 Å². The maximum atomic E-state index is 12.5. The first-order chi connectivity index (χ1) is 9.37. The highest BCUT2D eigenvalue weighted by molar-refractivity contribution is 5.94. The Morgan fingerprint density at radius 2 is 2.10 bits per heavy atom. The highest BCUT2D eigenvalue weighted by Crippen LogP contribution is 2.19. The van der Waals surface area contributed by atoms with Gasteiger partial charge in [-0.25, -0.2) is 4.98 Å². The van der Waals surface area contributed by atoms with Gasteiger partial charge in [-0.3, -0.25) is 4.79 Å². The van der Waals surface area contributed by atoms with E-state index >= 15 is 0 Å². The van der Waals surface area contributed by atoms with Gasteiger partial charge >= 0.3 is 6.18 Å². The van der Waals surface area contributed by atoms with Gasteiger partial charge in [-0.05, 0) is 25.5 Å². The van der Waals surface area contributed by atoms with Crippen molar-refractivity contribution in [1.29, 1.82) is 0 Å². The quantitative estimate of drug-likeness (QED) is 0.875. The molecular formula is C13H18F3N3O. The zero-order valence-electron chi connectivity index (χ0n) is 11.5. The van der Waals surface area contributed by atoms with Gasteiger partial charge < -0.3 is 10.2 Å². The zero-order valence-corrected chi connectivity index (χ0v) is 11.5. The molecule has 112 valence electrons. The number of rotatable bonds is 6. The number of alkyl halides is 3. The van der Waals surface area contributed by atoms with E-state index in [0.717, 1.165) is 4.90 Å². The molecule has 0 spiro atoms. The number of carbonyl (C=O) groups excluding carboxylic acids is 1. The summed E-state index contributed by atoms with van der Waals surface area (Å²) in [5.74, 6) is -0.160. The number of anilines is 1. The van der Waals surface area contributed by atoms with Crippen molar-refractivity contribution in [2.24, 2.45) is 0 Å². The molecule has 0 aliphatic rings. The fourth-order valence-corrected chi connectivity index (χ4v) is 1.76. The number of nitrogens with zero attached hydrogens (tertiary/aromatic N) is 2. The Morgan fingerprint density at radius 1 is 1.40 bits per heavy atom. The maximum Gasteiger partial charge on any atom is 0.406 e. The average Bonchev–Trinajstić information content (AvgIpc) is 2.36. The number of carbonyl (C=O) groups is 1. The van der Waals surface area contributed by atoms with Crippen LogP contribution in [0.5, 0.6) is 0 Å². The fraction of sp³-hybridized carbons (Fsp3) is 0.538. The Hall–Kier alpha value is -1.79. The summed E-state index contributed by atoms with van der Waals surface area (Å²) in [6.45, 7) is 3.04. The minimum absolute atomic E-state index is 0.0667. The van der Waals surface area contributed by atoms with Gasteiger partial charge in [0.1, 0.15) is 12.4 Å². The lowest BCUT2D eigenvalue weighted by Gasteiger charge is -2.23. The van der Waals surface area contributed by atoms with Gasteiger partial charge in [0.2, 0.25) is 0 Å². The summed E-state index contributed by atoms with van der Waals surface area (Å²) >= 11 is 0. The molecule has 1 aromatic heterocycles. The molecule has 1 heterocycles. The fourth-order valence-electron chi connectivity index (χ4n) is 1.76. The van der Waals surface area contributed by atoms with E-state index in [-0.39, 0.29) is 12.1 Å². The predicted octanol–water partition coefficient (Wildman–Crippen LogP) is 2.93. The SMILES string of the molecule is CCCN(CC(F)(F)F)C(=O)c1ccnc(NCC)c1. The van der Waals surface area contributed by atoms with E-state index in [2.05, 4.69) is 10.3 Å². The molecule has 0 unspecified atom stereocenters. The van der Waals surface area contributed by atoms with E-state index in [4.69, 9.17) is 0 Å². The van der Waals surface area contributed by atoms with Gasteiger partial charge in [0.05, 0.1) is 0 Å². The standard InChI is InChI=1S/C13H18F3N3O/c1-3-7-19(9-13(14,15)16)12(20)10-5-6-18-11(8-10)17-4-2/h5-6,8H,3-4,7,9H2,1-2H3,(H,17,18). The summed E-state index contributed by atoms with van der Waals surface area (Å²) in [6, 6.07) is 2.88. The maximum absolute atomic E-state index is 12.5. The molecule has 1 amide bonds. The third-order valence-electron chi connectivity index (χ3n) is 2.52. The summed E-state index contributed by atoms with van der Waals surface area (Å²) in [5.41, 5.74) is 0.202. The van der Waals surface area contributed by atoms with E-state index in [9.17, 15) is 18.0 Å². The van der Waals surface area contributed by atoms with Crippen molar-refractivity contribution in [3.63, 3.8) is 0 Å². The number of pyridine rings is 1. The van der Waals surface area contributed by atoms with Gasteiger partial charge in [0.25, 0.3) is 5.91 Å². The number of hydrogen-bond donors (Lipinski definition) is 1. The Labute approximate surface area is 116 Å². The molecule has 1 aromatic rings. The van der Waals surface area contributed by atoms with Gasteiger partial charge in [0, 0.05) is 24.8 Å². The third kappa shape index (κ3) is 5.07. The number of hydrogen-bond acceptors (Lipinski definition) is 3. The first-order valence-electron chi connectivity index (χ1n) is 6.43. The normalized spacial score (nSPS) is 11.2. The Bertz CT molecular complexity index is 449. The van der Waals surface area contributed by atoms with E-state index in [0.29, 0.717) is 18.8 Å². The van der Waals surface area contributed by atoms with Crippen molar-refractivity contribution in [2.75, 3.05) is 25.0 Å². The second-order valence-corrected chi connectivity index (χ2v) is 4.30. The van der Waals surface area contributed by atoms with Crippen LogP contribution in [-0.4, -0.2) is 41.6 Å². The van der Waals surface area contributed by atoms with E-state index in [1.165, 1.54) is 18.3 Å². The summed E-state index contributed by atoms with van der Waals surface area (Å²) in [6.07, 6.45) is -2.53.